The van der Waals surface area contributed by atoms with Gasteiger partial charge in [0.15, 0.2) is 0 Å². The number of nitrogens with one attached hydrogen (secondary N) is 1. The number of para-hydroxylation sites is 1. The first-order chi connectivity index (χ1) is 12.5. The zero-order chi connectivity index (χ0) is 18.3. The van der Waals surface area contributed by atoms with E-state index < -0.39 is 10.8 Å². The summed E-state index contributed by atoms with van der Waals surface area (Å²) in [6.07, 6.45) is 3.54. The maximum atomic E-state index is 12.5. The molecular weight excluding hydrogens is 346 g/mol. The normalized spacial score (nSPS) is 16.4. The van der Waals surface area contributed by atoms with Crippen molar-refractivity contribution in [2.45, 2.75) is 24.5 Å². The number of aromatic nitrogens is 2. The molecule has 3 aromatic rings. The Morgan fingerprint density at radius 1 is 1.23 bits per heavy atom. The molecule has 1 amide bonds. The van der Waals surface area contributed by atoms with E-state index >= 15 is 0 Å². The number of imidazole rings is 1. The number of nitrogens with zero attached hydrogens (tertiary/aromatic N) is 2. The minimum absolute atomic E-state index is 0.143. The molecule has 5 nitrogen and oxygen atoms in total. The Kier molecular flexibility index (Phi) is 4.15. The second-order valence-electron chi connectivity index (χ2n) is 6.85. The van der Waals surface area contributed by atoms with Crippen LogP contribution in [0, 0.1) is 6.92 Å². The van der Waals surface area contributed by atoms with Crippen molar-refractivity contribution in [3.63, 3.8) is 0 Å². The van der Waals surface area contributed by atoms with Crippen LogP contribution in [0.25, 0.3) is 16.7 Å². The van der Waals surface area contributed by atoms with E-state index in [4.69, 9.17) is 0 Å². The summed E-state index contributed by atoms with van der Waals surface area (Å²) in [5.41, 5.74) is 3.39. The Hall–Kier alpha value is -2.47. The van der Waals surface area contributed by atoms with Crippen molar-refractivity contribution in [1.82, 2.24) is 14.9 Å². The number of rotatable bonds is 5. The molecule has 1 heterocycles. The third-order valence-electron chi connectivity index (χ3n) is 5.09. The van der Waals surface area contributed by atoms with Gasteiger partial charge in [-0.15, -0.1) is 0 Å². The highest BCUT2D eigenvalue weighted by molar-refractivity contribution is 7.86. The van der Waals surface area contributed by atoms with Gasteiger partial charge in [0.1, 0.15) is 5.82 Å². The van der Waals surface area contributed by atoms with Gasteiger partial charge in [0.2, 0.25) is 0 Å². The lowest BCUT2D eigenvalue weighted by Gasteiger charge is -2.13. The third-order valence-corrected chi connectivity index (χ3v) is 6.86. The maximum absolute atomic E-state index is 12.5. The van der Waals surface area contributed by atoms with Crippen LogP contribution >= 0.6 is 0 Å². The van der Waals surface area contributed by atoms with Gasteiger partial charge in [-0.3, -0.25) is 13.6 Å². The third kappa shape index (κ3) is 2.94. The van der Waals surface area contributed by atoms with Crippen LogP contribution in [-0.4, -0.2) is 37.2 Å². The van der Waals surface area contributed by atoms with Crippen molar-refractivity contribution in [2.75, 3.05) is 12.8 Å². The fraction of sp³-hybridized carbons (Fsp3) is 0.300. The molecule has 4 rings (SSSR count). The van der Waals surface area contributed by atoms with E-state index in [0.29, 0.717) is 12.1 Å². The molecule has 0 radical (unpaired) electrons. The minimum atomic E-state index is -0.911. The van der Waals surface area contributed by atoms with Gasteiger partial charge in [0.05, 0.1) is 15.8 Å². The summed E-state index contributed by atoms with van der Waals surface area (Å²) in [5, 5.41) is 2.93. The summed E-state index contributed by atoms with van der Waals surface area (Å²) in [7, 11) is -0.911. The van der Waals surface area contributed by atoms with Crippen LogP contribution < -0.4 is 5.32 Å². The quantitative estimate of drug-likeness (QED) is 0.754. The van der Waals surface area contributed by atoms with Crippen LogP contribution in [0.1, 0.15) is 29.0 Å². The molecule has 1 aromatic heterocycles. The number of carbonyl (C=O) groups excluding carboxylic acids is 1. The molecule has 1 saturated carbocycles. The first-order valence-corrected chi connectivity index (χ1v) is 10.2. The lowest BCUT2D eigenvalue weighted by molar-refractivity contribution is 0.0953. The van der Waals surface area contributed by atoms with Gasteiger partial charge in [0.25, 0.3) is 5.91 Å². The maximum Gasteiger partial charge on any atom is 0.251 e. The van der Waals surface area contributed by atoms with Crippen molar-refractivity contribution >= 4 is 27.7 Å². The summed E-state index contributed by atoms with van der Waals surface area (Å²) < 4.78 is 13.6. The molecule has 1 fully saturated rings. The molecule has 0 spiro atoms. The second-order valence-corrected chi connectivity index (χ2v) is 8.63. The predicted molar refractivity (Wildman–Crippen MR) is 104 cm³/mol. The zero-order valence-corrected chi connectivity index (χ0v) is 15.7. The first-order valence-electron chi connectivity index (χ1n) is 8.66. The lowest BCUT2D eigenvalue weighted by Crippen LogP contribution is -2.35. The van der Waals surface area contributed by atoms with E-state index in [-0.39, 0.29) is 10.7 Å². The standard InChI is InChI=1S/C20H21N3O2S/c1-14-22-17-12-15(19(24)21-13-20(10-11-20)26(2)25)8-9-18(17)23(14)16-6-4-3-5-7-16/h3-9,12H,10-11,13H2,1-2H3,(H,21,24). The minimum Gasteiger partial charge on any atom is -0.351 e. The molecule has 0 aliphatic heterocycles. The monoisotopic (exact) mass is 367 g/mol. The largest absolute Gasteiger partial charge is 0.351 e. The van der Waals surface area contributed by atoms with Gasteiger partial charge in [-0.25, -0.2) is 4.98 Å². The Balaban J connectivity index is 1.60. The Labute approximate surface area is 154 Å². The number of amides is 1. The molecule has 134 valence electrons. The number of carbonyl (C=O) groups is 1. The molecule has 1 N–H and O–H groups in total. The van der Waals surface area contributed by atoms with Crippen LogP contribution in [0.2, 0.25) is 0 Å². The number of benzene rings is 2. The van der Waals surface area contributed by atoms with Crippen LogP contribution in [-0.2, 0) is 10.8 Å². The van der Waals surface area contributed by atoms with Gasteiger partial charge in [-0.05, 0) is 50.1 Å². The van der Waals surface area contributed by atoms with E-state index in [1.54, 1.807) is 6.26 Å². The van der Waals surface area contributed by atoms with Gasteiger partial charge in [-0.1, -0.05) is 18.2 Å². The smallest absolute Gasteiger partial charge is 0.251 e. The van der Waals surface area contributed by atoms with Crippen molar-refractivity contribution < 1.29 is 9.00 Å². The fourth-order valence-electron chi connectivity index (χ4n) is 3.29. The van der Waals surface area contributed by atoms with E-state index in [0.717, 1.165) is 35.4 Å². The van der Waals surface area contributed by atoms with Crippen molar-refractivity contribution in [3.05, 3.63) is 59.9 Å². The van der Waals surface area contributed by atoms with E-state index in [1.807, 2.05) is 55.5 Å². The number of aryl methyl sites for hydroxylation is 1. The highest BCUT2D eigenvalue weighted by Gasteiger charge is 2.46. The molecule has 2 aromatic carbocycles. The van der Waals surface area contributed by atoms with Gasteiger partial charge >= 0.3 is 0 Å². The van der Waals surface area contributed by atoms with Gasteiger partial charge in [-0.2, -0.15) is 0 Å². The Morgan fingerprint density at radius 2 is 1.96 bits per heavy atom. The lowest BCUT2D eigenvalue weighted by atomic mass is 10.2. The summed E-state index contributed by atoms with van der Waals surface area (Å²) >= 11 is 0. The first kappa shape index (κ1) is 17.0. The van der Waals surface area contributed by atoms with Crippen LogP contribution in [0.3, 0.4) is 0 Å². The van der Waals surface area contributed by atoms with Crippen LogP contribution in [0.4, 0.5) is 0 Å². The van der Waals surface area contributed by atoms with E-state index in [2.05, 4.69) is 14.9 Å². The molecule has 6 heteroatoms. The van der Waals surface area contributed by atoms with Gasteiger partial charge < -0.3 is 5.32 Å². The fourth-order valence-corrected chi connectivity index (χ4v) is 4.25. The van der Waals surface area contributed by atoms with Crippen LogP contribution in [0.5, 0.6) is 0 Å². The highest BCUT2D eigenvalue weighted by atomic mass is 32.2. The molecule has 1 aliphatic carbocycles. The Morgan fingerprint density at radius 3 is 2.62 bits per heavy atom. The highest BCUT2D eigenvalue weighted by Crippen LogP contribution is 2.40. The summed E-state index contributed by atoms with van der Waals surface area (Å²) in [4.78, 5) is 17.1. The molecule has 0 saturated heterocycles. The Bertz CT molecular complexity index is 1010. The molecule has 0 bridgehead atoms. The number of fused-ring (bicyclic) bond motifs is 1. The topological polar surface area (TPSA) is 64.0 Å². The number of hydrogen-bond acceptors (Lipinski definition) is 3. The second kappa shape index (κ2) is 6.36. The molecule has 26 heavy (non-hydrogen) atoms. The zero-order valence-electron chi connectivity index (χ0n) is 14.9. The average Bonchev–Trinajstić information content (AvgIpc) is 3.36. The summed E-state index contributed by atoms with van der Waals surface area (Å²) in [5.74, 6) is 0.734. The SMILES string of the molecule is Cc1nc2cc(C(=O)NCC3(S(C)=O)CC3)ccc2n1-c1ccccc1. The molecule has 1 atom stereocenters. The molecule has 1 aliphatic rings. The average molecular weight is 367 g/mol. The van der Waals surface area contributed by atoms with Crippen molar-refractivity contribution in [1.29, 1.82) is 0 Å². The van der Waals surface area contributed by atoms with E-state index in [9.17, 15) is 9.00 Å². The van der Waals surface area contributed by atoms with Crippen molar-refractivity contribution in [3.8, 4) is 5.69 Å². The predicted octanol–water partition coefficient (Wildman–Crippen LogP) is 2.97. The van der Waals surface area contributed by atoms with Crippen molar-refractivity contribution in [2.24, 2.45) is 0 Å². The number of hydrogen-bond donors (Lipinski definition) is 1. The summed E-state index contributed by atoms with van der Waals surface area (Å²) in [6.45, 7) is 2.42. The summed E-state index contributed by atoms with van der Waals surface area (Å²) in [6, 6.07) is 15.6. The van der Waals surface area contributed by atoms with Gasteiger partial charge in [0, 0.05) is 34.9 Å². The van der Waals surface area contributed by atoms with Crippen LogP contribution in [0.15, 0.2) is 48.5 Å². The molecule has 1 unspecified atom stereocenters. The molecular formula is C20H21N3O2S. The van der Waals surface area contributed by atoms with E-state index in [1.165, 1.54) is 0 Å².